The number of nitrogens with one attached hydrogen (secondary N) is 1. The van der Waals surface area contributed by atoms with Gasteiger partial charge in [-0.05, 0) is 49.2 Å². The van der Waals surface area contributed by atoms with Gasteiger partial charge in [0.15, 0.2) is 0 Å². The van der Waals surface area contributed by atoms with Gasteiger partial charge in [0.25, 0.3) is 5.91 Å². The maximum Gasteiger partial charge on any atom is 0.416 e. The molecule has 23 heavy (non-hydrogen) atoms. The summed E-state index contributed by atoms with van der Waals surface area (Å²) in [6.45, 7) is 0. The third kappa shape index (κ3) is 4.03. The highest BCUT2D eigenvalue weighted by Gasteiger charge is 2.30. The summed E-state index contributed by atoms with van der Waals surface area (Å²) >= 11 is 0. The number of benzene rings is 2. The molecule has 2 aromatic rings. The van der Waals surface area contributed by atoms with Crippen molar-refractivity contribution in [3.05, 3.63) is 59.7 Å². The van der Waals surface area contributed by atoms with Crippen LogP contribution < -0.4 is 10.1 Å². The molecule has 120 valence electrons. The van der Waals surface area contributed by atoms with Gasteiger partial charge in [-0.25, -0.2) is 0 Å². The summed E-state index contributed by atoms with van der Waals surface area (Å²) in [4.78, 5) is 12.0. The molecule has 2 aromatic carbocycles. The van der Waals surface area contributed by atoms with Crippen molar-refractivity contribution in [1.29, 1.82) is 0 Å². The molecule has 0 atom stereocenters. The second kappa shape index (κ2) is 5.95. The normalized spacial score (nSPS) is 14.4. The lowest BCUT2D eigenvalue weighted by molar-refractivity contribution is -0.137. The molecule has 3 rings (SSSR count). The van der Waals surface area contributed by atoms with E-state index in [1.54, 1.807) is 18.2 Å². The van der Waals surface area contributed by atoms with Gasteiger partial charge >= 0.3 is 6.18 Å². The number of halogens is 3. The van der Waals surface area contributed by atoms with E-state index in [1.165, 1.54) is 18.2 Å². The Labute approximate surface area is 131 Å². The van der Waals surface area contributed by atoms with Gasteiger partial charge < -0.3 is 10.1 Å². The van der Waals surface area contributed by atoms with Crippen molar-refractivity contribution in [2.24, 2.45) is 0 Å². The van der Waals surface area contributed by atoms with E-state index >= 15 is 0 Å². The minimum Gasteiger partial charge on any atom is -0.457 e. The number of rotatable bonds is 4. The molecule has 1 aliphatic rings. The van der Waals surface area contributed by atoms with Crippen molar-refractivity contribution in [2.45, 2.75) is 25.1 Å². The van der Waals surface area contributed by atoms with E-state index in [4.69, 9.17) is 4.74 Å². The number of amides is 1. The van der Waals surface area contributed by atoms with Crippen LogP contribution in [0.1, 0.15) is 28.8 Å². The molecule has 1 saturated carbocycles. The molecule has 1 N–H and O–H groups in total. The summed E-state index contributed by atoms with van der Waals surface area (Å²) in [7, 11) is 0. The fourth-order valence-electron chi connectivity index (χ4n) is 2.07. The molecule has 1 aliphatic carbocycles. The smallest absolute Gasteiger partial charge is 0.416 e. The number of carbonyl (C=O) groups is 1. The zero-order valence-corrected chi connectivity index (χ0v) is 12.1. The Hall–Kier alpha value is -2.50. The van der Waals surface area contributed by atoms with Gasteiger partial charge in [-0.2, -0.15) is 13.2 Å². The Morgan fingerprint density at radius 3 is 2.35 bits per heavy atom. The second-order valence-corrected chi connectivity index (χ2v) is 5.40. The average molecular weight is 321 g/mol. The SMILES string of the molecule is O=C(NC1CC1)c1cccc(Oc2cccc(C(F)(F)F)c2)c1. The lowest BCUT2D eigenvalue weighted by Crippen LogP contribution is -2.25. The summed E-state index contributed by atoms with van der Waals surface area (Å²) in [5, 5.41) is 2.85. The molecule has 0 aliphatic heterocycles. The van der Waals surface area contributed by atoms with Crippen molar-refractivity contribution in [3.8, 4) is 11.5 Å². The monoisotopic (exact) mass is 321 g/mol. The van der Waals surface area contributed by atoms with Crippen LogP contribution in [0.5, 0.6) is 11.5 Å². The van der Waals surface area contributed by atoms with Gasteiger partial charge in [-0.3, -0.25) is 4.79 Å². The summed E-state index contributed by atoms with van der Waals surface area (Å²) in [5.41, 5.74) is -0.362. The standard InChI is InChI=1S/C17H14F3NO2/c18-17(19,20)12-4-2-6-15(10-12)23-14-5-1-3-11(9-14)16(22)21-13-7-8-13/h1-6,9-10,13H,7-8H2,(H,21,22). The Morgan fingerprint density at radius 1 is 1.04 bits per heavy atom. The predicted molar refractivity (Wildman–Crippen MR) is 78.4 cm³/mol. The molecule has 0 spiro atoms. The van der Waals surface area contributed by atoms with Crippen molar-refractivity contribution < 1.29 is 22.7 Å². The topological polar surface area (TPSA) is 38.3 Å². The first-order valence-electron chi connectivity index (χ1n) is 7.18. The molecule has 0 bridgehead atoms. The minimum atomic E-state index is -4.43. The largest absolute Gasteiger partial charge is 0.457 e. The molecule has 0 saturated heterocycles. The van der Waals surface area contributed by atoms with Gasteiger partial charge in [-0.15, -0.1) is 0 Å². The highest BCUT2D eigenvalue weighted by atomic mass is 19.4. The average Bonchev–Trinajstić information content (AvgIpc) is 3.31. The van der Waals surface area contributed by atoms with Crippen LogP contribution in [0.3, 0.4) is 0 Å². The molecule has 3 nitrogen and oxygen atoms in total. The van der Waals surface area contributed by atoms with Crippen molar-refractivity contribution >= 4 is 5.91 Å². The third-order valence-electron chi connectivity index (χ3n) is 3.41. The molecule has 0 unspecified atom stereocenters. The van der Waals surface area contributed by atoms with Crippen LogP contribution in [0.15, 0.2) is 48.5 Å². The summed E-state index contributed by atoms with van der Waals surface area (Å²) in [6, 6.07) is 11.2. The number of alkyl halides is 3. The van der Waals surface area contributed by atoms with Gasteiger partial charge in [0.05, 0.1) is 5.56 Å². The first kappa shape index (κ1) is 15.4. The van der Waals surface area contributed by atoms with Crippen LogP contribution >= 0.6 is 0 Å². The highest BCUT2D eigenvalue weighted by molar-refractivity contribution is 5.94. The minimum absolute atomic E-state index is 0.0691. The molecular weight excluding hydrogens is 307 g/mol. The first-order valence-corrected chi connectivity index (χ1v) is 7.18. The maximum absolute atomic E-state index is 12.7. The van der Waals surface area contributed by atoms with Crippen LogP contribution in [0.4, 0.5) is 13.2 Å². The van der Waals surface area contributed by atoms with E-state index in [2.05, 4.69) is 5.32 Å². The third-order valence-corrected chi connectivity index (χ3v) is 3.41. The Balaban J connectivity index is 1.76. The Kier molecular flexibility index (Phi) is 3.98. The lowest BCUT2D eigenvalue weighted by Gasteiger charge is -2.11. The maximum atomic E-state index is 12.7. The highest BCUT2D eigenvalue weighted by Crippen LogP contribution is 2.32. The van der Waals surface area contributed by atoms with Crippen LogP contribution in [-0.4, -0.2) is 11.9 Å². The van der Waals surface area contributed by atoms with Crippen molar-refractivity contribution in [3.63, 3.8) is 0 Å². The Morgan fingerprint density at radius 2 is 1.70 bits per heavy atom. The van der Waals surface area contributed by atoms with Gasteiger partial charge in [0, 0.05) is 11.6 Å². The molecule has 0 radical (unpaired) electrons. The lowest BCUT2D eigenvalue weighted by atomic mass is 10.2. The van der Waals surface area contributed by atoms with Crippen molar-refractivity contribution in [2.75, 3.05) is 0 Å². The quantitative estimate of drug-likeness (QED) is 0.907. The van der Waals surface area contributed by atoms with E-state index in [-0.39, 0.29) is 17.7 Å². The van der Waals surface area contributed by atoms with Gasteiger partial charge in [0.2, 0.25) is 0 Å². The van der Waals surface area contributed by atoms with Gasteiger partial charge in [-0.1, -0.05) is 12.1 Å². The zero-order valence-electron chi connectivity index (χ0n) is 12.1. The summed E-state index contributed by atoms with van der Waals surface area (Å²) in [6.07, 6.45) is -2.47. The van der Waals surface area contributed by atoms with Crippen LogP contribution in [0.2, 0.25) is 0 Å². The summed E-state index contributed by atoms with van der Waals surface area (Å²) < 4.78 is 43.5. The number of hydrogen-bond acceptors (Lipinski definition) is 2. The van der Waals surface area contributed by atoms with E-state index in [1.807, 2.05) is 0 Å². The fraction of sp³-hybridized carbons (Fsp3) is 0.235. The fourth-order valence-corrected chi connectivity index (χ4v) is 2.07. The molecular formula is C17H14F3NO2. The number of ether oxygens (including phenoxy) is 1. The van der Waals surface area contributed by atoms with E-state index < -0.39 is 11.7 Å². The van der Waals surface area contributed by atoms with E-state index in [0.717, 1.165) is 25.0 Å². The molecule has 0 aromatic heterocycles. The first-order chi connectivity index (χ1) is 10.9. The van der Waals surface area contributed by atoms with Crippen LogP contribution in [0.25, 0.3) is 0 Å². The molecule has 6 heteroatoms. The zero-order chi connectivity index (χ0) is 16.4. The van der Waals surface area contributed by atoms with Crippen LogP contribution in [-0.2, 0) is 6.18 Å². The molecule has 1 fully saturated rings. The van der Waals surface area contributed by atoms with E-state index in [0.29, 0.717) is 11.3 Å². The van der Waals surface area contributed by atoms with Crippen molar-refractivity contribution in [1.82, 2.24) is 5.32 Å². The predicted octanol–water partition coefficient (Wildman–Crippen LogP) is 4.39. The van der Waals surface area contributed by atoms with Crippen LogP contribution in [0, 0.1) is 0 Å². The Bertz CT molecular complexity index is 724. The second-order valence-electron chi connectivity index (χ2n) is 5.40. The van der Waals surface area contributed by atoms with Gasteiger partial charge in [0.1, 0.15) is 11.5 Å². The number of hydrogen-bond donors (Lipinski definition) is 1. The molecule has 1 amide bonds. The molecule has 0 heterocycles. The summed E-state index contributed by atoms with van der Waals surface area (Å²) in [5.74, 6) is 0.175. The van der Waals surface area contributed by atoms with E-state index in [9.17, 15) is 18.0 Å². The number of carbonyl (C=O) groups excluding carboxylic acids is 1.